The van der Waals surface area contributed by atoms with E-state index in [-0.39, 0.29) is 18.5 Å². The molecule has 0 aliphatic carbocycles. The van der Waals surface area contributed by atoms with Crippen LogP contribution in [0.15, 0.2) is 24.7 Å². The molecule has 0 radical (unpaired) electrons. The third-order valence-electron chi connectivity index (χ3n) is 4.72. The van der Waals surface area contributed by atoms with Gasteiger partial charge >= 0.3 is 0 Å². The number of aromatic nitrogens is 4. The Morgan fingerprint density at radius 2 is 2.20 bits per heavy atom. The molecular formula is C18H25N5O2. The molecule has 2 aromatic heterocycles. The van der Waals surface area contributed by atoms with E-state index in [0.29, 0.717) is 24.2 Å². The summed E-state index contributed by atoms with van der Waals surface area (Å²) in [7, 11) is 0. The first-order chi connectivity index (χ1) is 11.9. The molecule has 0 spiro atoms. The molecule has 2 aromatic rings. The van der Waals surface area contributed by atoms with Crippen LogP contribution in [0.5, 0.6) is 0 Å². The van der Waals surface area contributed by atoms with Crippen molar-refractivity contribution < 1.29 is 9.90 Å². The van der Waals surface area contributed by atoms with E-state index in [1.54, 1.807) is 28.2 Å². The number of β-amino-alcohol motifs (C(OH)–C–C–N with tert-alkyl or cyclic N) is 1. The van der Waals surface area contributed by atoms with Gasteiger partial charge in [0.1, 0.15) is 11.3 Å². The topological polar surface area (TPSA) is 84.1 Å². The van der Waals surface area contributed by atoms with E-state index < -0.39 is 5.60 Å². The minimum absolute atomic E-state index is 0.0998. The fourth-order valence-corrected chi connectivity index (χ4v) is 3.14. The maximum Gasteiger partial charge on any atom is 0.255 e. The van der Waals surface area contributed by atoms with Crippen molar-refractivity contribution in [1.82, 2.24) is 24.9 Å². The molecule has 1 amide bonds. The van der Waals surface area contributed by atoms with Gasteiger partial charge in [0.15, 0.2) is 0 Å². The van der Waals surface area contributed by atoms with Gasteiger partial charge in [-0.1, -0.05) is 12.1 Å². The van der Waals surface area contributed by atoms with Crippen LogP contribution in [0.1, 0.15) is 61.3 Å². The van der Waals surface area contributed by atoms with Crippen molar-refractivity contribution in [3.63, 3.8) is 0 Å². The summed E-state index contributed by atoms with van der Waals surface area (Å²) in [5.41, 5.74) is 0.961. The van der Waals surface area contributed by atoms with Crippen LogP contribution >= 0.6 is 0 Å². The van der Waals surface area contributed by atoms with E-state index in [9.17, 15) is 9.90 Å². The van der Waals surface area contributed by atoms with E-state index in [0.717, 1.165) is 18.4 Å². The van der Waals surface area contributed by atoms with Crippen molar-refractivity contribution >= 4 is 5.91 Å². The Hall–Kier alpha value is -2.28. The highest BCUT2D eigenvalue weighted by Crippen LogP contribution is 2.31. The van der Waals surface area contributed by atoms with Gasteiger partial charge in [0.05, 0.1) is 18.3 Å². The summed E-state index contributed by atoms with van der Waals surface area (Å²) in [6.07, 6.45) is 7.25. The molecule has 1 saturated heterocycles. The molecule has 25 heavy (non-hydrogen) atoms. The number of pyridine rings is 1. The molecule has 0 unspecified atom stereocenters. The minimum atomic E-state index is -1.16. The molecule has 3 heterocycles. The Morgan fingerprint density at radius 1 is 1.40 bits per heavy atom. The van der Waals surface area contributed by atoms with Crippen LogP contribution in [0.25, 0.3) is 0 Å². The second kappa shape index (κ2) is 6.92. The lowest BCUT2D eigenvalue weighted by atomic mass is 9.89. The van der Waals surface area contributed by atoms with Gasteiger partial charge in [-0.3, -0.25) is 9.78 Å². The maximum atomic E-state index is 12.8. The predicted molar refractivity (Wildman–Crippen MR) is 93.1 cm³/mol. The van der Waals surface area contributed by atoms with Gasteiger partial charge in [-0.2, -0.15) is 0 Å². The van der Waals surface area contributed by atoms with Crippen molar-refractivity contribution in [3.8, 4) is 0 Å². The zero-order chi connectivity index (χ0) is 18.0. The number of carbonyl (C=O) groups excluding carboxylic acids is 1. The summed E-state index contributed by atoms with van der Waals surface area (Å²) in [4.78, 5) is 18.7. The van der Waals surface area contributed by atoms with Crippen LogP contribution in [-0.2, 0) is 12.0 Å². The SMILES string of the molecule is CCc1cncc(C(=O)N2CCC[C@](O)(c3cn(C(C)C)nn3)C2)c1. The molecule has 1 N–H and O–H groups in total. The monoisotopic (exact) mass is 343 g/mol. The quantitative estimate of drug-likeness (QED) is 0.917. The van der Waals surface area contributed by atoms with E-state index in [2.05, 4.69) is 15.3 Å². The Bertz CT molecular complexity index is 757. The molecule has 0 aromatic carbocycles. The average molecular weight is 343 g/mol. The van der Waals surface area contributed by atoms with Crippen molar-refractivity contribution in [3.05, 3.63) is 41.5 Å². The van der Waals surface area contributed by atoms with Crippen molar-refractivity contribution in [1.29, 1.82) is 0 Å². The number of hydrogen-bond acceptors (Lipinski definition) is 5. The predicted octanol–water partition coefficient (Wildman–Crippen LogP) is 1.94. The highest BCUT2D eigenvalue weighted by Gasteiger charge is 2.39. The van der Waals surface area contributed by atoms with Crippen molar-refractivity contribution in [2.24, 2.45) is 0 Å². The summed E-state index contributed by atoms with van der Waals surface area (Å²) in [6.45, 7) is 6.89. The summed E-state index contributed by atoms with van der Waals surface area (Å²) >= 11 is 0. The number of amides is 1. The number of aryl methyl sites for hydroxylation is 1. The smallest absolute Gasteiger partial charge is 0.255 e. The highest BCUT2D eigenvalue weighted by molar-refractivity contribution is 5.94. The number of hydrogen-bond donors (Lipinski definition) is 1. The van der Waals surface area contributed by atoms with Crippen molar-refractivity contribution in [2.45, 2.75) is 51.7 Å². The van der Waals surface area contributed by atoms with Crippen LogP contribution in [0.2, 0.25) is 0 Å². The lowest BCUT2D eigenvalue weighted by Crippen LogP contribution is -2.48. The number of likely N-dealkylation sites (tertiary alicyclic amines) is 1. The van der Waals surface area contributed by atoms with Gasteiger partial charge in [0, 0.05) is 25.0 Å². The molecule has 1 atom stereocenters. The summed E-state index contributed by atoms with van der Waals surface area (Å²) in [5.74, 6) is -0.0998. The Balaban J connectivity index is 1.80. The van der Waals surface area contributed by atoms with Gasteiger partial charge in [-0.25, -0.2) is 4.68 Å². The summed E-state index contributed by atoms with van der Waals surface area (Å²) < 4.78 is 1.72. The lowest BCUT2D eigenvalue weighted by molar-refractivity contribution is -0.0320. The van der Waals surface area contributed by atoms with Crippen LogP contribution in [0.3, 0.4) is 0 Å². The molecular weight excluding hydrogens is 318 g/mol. The molecule has 1 fully saturated rings. The third kappa shape index (κ3) is 3.56. The molecule has 134 valence electrons. The zero-order valence-electron chi connectivity index (χ0n) is 15.0. The van der Waals surface area contributed by atoms with E-state index >= 15 is 0 Å². The van der Waals surface area contributed by atoms with Gasteiger partial charge in [-0.05, 0) is 44.7 Å². The molecule has 0 saturated carbocycles. The van der Waals surface area contributed by atoms with E-state index in [1.165, 1.54) is 0 Å². The van der Waals surface area contributed by atoms with Crippen LogP contribution in [0, 0.1) is 0 Å². The fourth-order valence-electron chi connectivity index (χ4n) is 3.14. The largest absolute Gasteiger partial charge is 0.382 e. The van der Waals surface area contributed by atoms with E-state index in [4.69, 9.17) is 0 Å². The number of aliphatic hydroxyl groups is 1. The fraction of sp³-hybridized carbons (Fsp3) is 0.556. The van der Waals surface area contributed by atoms with E-state index in [1.807, 2.05) is 26.8 Å². The van der Waals surface area contributed by atoms with Gasteiger partial charge < -0.3 is 10.0 Å². The standard InChI is InChI=1S/C18H25N5O2/c1-4-14-8-15(10-19-9-14)17(24)22-7-5-6-18(25,12-22)16-11-23(13(2)3)21-20-16/h8-11,13,25H,4-7,12H2,1-3H3/t18-/m1/s1. The van der Waals surface area contributed by atoms with Crippen molar-refractivity contribution in [2.75, 3.05) is 13.1 Å². The van der Waals surface area contributed by atoms with Gasteiger partial charge in [0.25, 0.3) is 5.91 Å². The second-order valence-electron chi connectivity index (χ2n) is 6.97. The number of carbonyl (C=O) groups is 1. The highest BCUT2D eigenvalue weighted by atomic mass is 16.3. The van der Waals surface area contributed by atoms with Gasteiger partial charge in [0.2, 0.25) is 0 Å². The molecule has 7 heteroatoms. The first kappa shape index (κ1) is 17.5. The Morgan fingerprint density at radius 3 is 2.88 bits per heavy atom. The second-order valence-corrected chi connectivity index (χ2v) is 6.97. The molecule has 1 aliphatic rings. The number of rotatable bonds is 4. The minimum Gasteiger partial charge on any atom is -0.382 e. The average Bonchev–Trinajstić information content (AvgIpc) is 3.12. The third-order valence-corrected chi connectivity index (χ3v) is 4.72. The maximum absolute atomic E-state index is 12.8. The molecule has 3 rings (SSSR count). The summed E-state index contributed by atoms with van der Waals surface area (Å²) in [5, 5.41) is 19.3. The number of piperidine rings is 1. The Kier molecular flexibility index (Phi) is 4.85. The Labute approximate surface area is 147 Å². The first-order valence-electron chi connectivity index (χ1n) is 8.81. The van der Waals surface area contributed by atoms with Crippen LogP contribution in [0.4, 0.5) is 0 Å². The molecule has 1 aliphatic heterocycles. The zero-order valence-corrected chi connectivity index (χ0v) is 15.0. The van der Waals surface area contributed by atoms with Crippen LogP contribution in [-0.4, -0.2) is 49.0 Å². The normalized spacial score (nSPS) is 20.9. The molecule has 7 nitrogen and oxygen atoms in total. The first-order valence-corrected chi connectivity index (χ1v) is 8.81. The number of nitrogens with zero attached hydrogens (tertiary/aromatic N) is 5. The lowest BCUT2D eigenvalue weighted by Gasteiger charge is -2.38. The molecule has 0 bridgehead atoms. The van der Waals surface area contributed by atoms with Gasteiger partial charge in [-0.15, -0.1) is 5.10 Å². The van der Waals surface area contributed by atoms with Crippen LogP contribution < -0.4 is 0 Å². The summed E-state index contributed by atoms with van der Waals surface area (Å²) in [6, 6.07) is 2.05.